The van der Waals surface area contributed by atoms with Crippen LogP contribution >= 0.6 is 0 Å². The van der Waals surface area contributed by atoms with Gasteiger partial charge in [0.25, 0.3) is 0 Å². The molecule has 0 aliphatic heterocycles. The lowest BCUT2D eigenvalue weighted by molar-refractivity contribution is 0.263. The molecule has 33 heavy (non-hydrogen) atoms. The SMILES string of the molecule is Cc1ccc(N(N)c2ccc(C(C)C)cc2)cc1.OB(O)Oc1c(F)c(F)c(F)c(F)c1F. The summed E-state index contributed by atoms with van der Waals surface area (Å²) in [5.41, 5.74) is 4.57. The number of nitrogens with two attached hydrogens (primary N) is 1. The fraction of sp³-hybridized carbons (Fsp3) is 0.182. The summed E-state index contributed by atoms with van der Waals surface area (Å²) in [4.78, 5) is 0. The summed E-state index contributed by atoms with van der Waals surface area (Å²) < 4.78 is 66.3. The van der Waals surface area contributed by atoms with Gasteiger partial charge >= 0.3 is 7.32 Å². The van der Waals surface area contributed by atoms with E-state index in [1.807, 2.05) is 12.1 Å². The Morgan fingerprint density at radius 1 is 0.758 bits per heavy atom. The topological polar surface area (TPSA) is 79.0 Å². The zero-order valence-electron chi connectivity index (χ0n) is 18.0. The van der Waals surface area contributed by atoms with Gasteiger partial charge in [-0.1, -0.05) is 43.7 Å². The molecule has 0 heterocycles. The number of nitrogens with zero attached hydrogens (tertiary/aromatic N) is 1. The Hall–Kier alpha value is -3.15. The molecule has 0 amide bonds. The highest BCUT2D eigenvalue weighted by atomic mass is 19.2. The van der Waals surface area contributed by atoms with Crippen LogP contribution in [0.4, 0.5) is 33.3 Å². The van der Waals surface area contributed by atoms with Gasteiger partial charge in [0, 0.05) is 0 Å². The fourth-order valence-electron chi connectivity index (χ4n) is 2.67. The Labute approximate surface area is 188 Å². The lowest BCUT2D eigenvalue weighted by atomic mass is 10.0. The maximum absolute atomic E-state index is 12.7. The van der Waals surface area contributed by atoms with Crippen LogP contribution in [0.2, 0.25) is 0 Å². The summed E-state index contributed by atoms with van der Waals surface area (Å²) in [6.07, 6.45) is 0. The molecular weight excluding hydrogens is 446 g/mol. The number of anilines is 2. The minimum atomic E-state index is -2.70. The van der Waals surface area contributed by atoms with Gasteiger partial charge in [0.15, 0.2) is 5.75 Å². The first-order valence-corrected chi connectivity index (χ1v) is 9.69. The van der Waals surface area contributed by atoms with E-state index in [0.717, 1.165) is 11.4 Å². The van der Waals surface area contributed by atoms with Crippen LogP contribution in [-0.2, 0) is 0 Å². The molecule has 4 N–H and O–H groups in total. The van der Waals surface area contributed by atoms with Crippen LogP contribution in [0, 0.1) is 36.0 Å². The van der Waals surface area contributed by atoms with Crippen molar-refractivity contribution in [2.24, 2.45) is 5.84 Å². The lowest BCUT2D eigenvalue weighted by Crippen LogP contribution is -2.24. The van der Waals surface area contributed by atoms with Gasteiger partial charge in [0.05, 0.1) is 11.4 Å². The zero-order chi connectivity index (χ0) is 24.9. The molecule has 5 nitrogen and oxygen atoms in total. The Balaban J connectivity index is 0.000000238. The van der Waals surface area contributed by atoms with E-state index in [-0.39, 0.29) is 0 Å². The summed E-state index contributed by atoms with van der Waals surface area (Å²) in [5.74, 6) is -6.45. The summed E-state index contributed by atoms with van der Waals surface area (Å²) in [6.45, 7) is 6.45. The second kappa shape index (κ2) is 11.1. The van der Waals surface area contributed by atoms with Crippen molar-refractivity contribution in [1.29, 1.82) is 0 Å². The molecule has 0 aromatic heterocycles. The van der Waals surface area contributed by atoms with Crippen LogP contribution in [-0.4, -0.2) is 17.4 Å². The third kappa shape index (κ3) is 6.44. The number of rotatable bonds is 5. The molecule has 0 fully saturated rings. The van der Waals surface area contributed by atoms with Crippen molar-refractivity contribution in [3.8, 4) is 5.75 Å². The molecule has 0 saturated carbocycles. The van der Waals surface area contributed by atoms with Crippen LogP contribution in [0.3, 0.4) is 0 Å². The average Bonchev–Trinajstić information content (AvgIpc) is 2.79. The van der Waals surface area contributed by atoms with Gasteiger partial charge in [-0.2, -0.15) is 8.78 Å². The van der Waals surface area contributed by atoms with Gasteiger partial charge in [-0.25, -0.2) is 19.0 Å². The minimum Gasteiger partial charge on any atom is -0.507 e. The van der Waals surface area contributed by atoms with Crippen molar-refractivity contribution >= 4 is 18.7 Å². The van der Waals surface area contributed by atoms with Crippen LogP contribution in [0.1, 0.15) is 30.9 Å². The van der Waals surface area contributed by atoms with Gasteiger partial charge in [-0.05, 0) is 42.7 Å². The molecule has 0 bridgehead atoms. The van der Waals surface area contributed by atoms with E-state index >= 15 is 0 Å². The van der Waals surface area contributed by atoms with Crippen molar-refractivity contribution in [3.63, 3.8) is 0 Å². The third-order valence-electron chi connectivity index (χ3n) is 4.54. The quantitative estimate of drug-likeness (QED) is 0.125. The van der Waals surface area contributed by atoms with E-state index in [0.29, 0.717) is 5.92 Å². The van der Waals surface area contributed by atoms with Crippen LogP contribution in [0.15, 0.2) is 48.5 Å². The molecule has 0 aliphatic carbocycles. The minimum absolute atomic E-state index is 0.546. The predicted octanol–water partition coefficient (Wildman–Crippen LogP) is 4.86. The van der Waals surface area contributed by atoms with Crippen LogP contribution in [0.5, 0.6) is 5.75 Å². The van der Waals surface area contributed by atoms with E-state index < -0.39 is 42.2 Å². The van der Waals surface area contributed by atoms with E-state index in [1.165, 1.54) is 11.1 Å². The number of hydrogen-bond donors (Lipinski definition) is 3. The van der Waals surface area contributed by atoms with Crippen molar-refractivity contribution in [3.05, 3.63) is 88.7 Å². The summed E-state index contributed by atoms with van der Waals surface area (Å²) in [7, 11) is -2.70. The van der Waals surface area contributed by atoms with E-state index in [1.54, 1.807) is 5.01 Å². The predicted molar refractivity (Wildman–Crippen MR) is 115 cm³/mol. The molecule has 0 atom stereocenters. The van der Waals surface area contributed by atoms with Crippen molar-refractivity contribution in [2.75, 3.05) is 5.01 Å². The molecule has 3 aromatic carbocycles. The van der Waals surface area contributed by atoms with Gasteiger partial charge in [-0.15, -0.1) is 0 Å². The first-order valence-electron chi connectivity index (χ1n) is 9.69. The zero-order valence-corrected chi connectivity index (χ0v) is 18.0. The van der Waals surface area contributed by atoms with E-state index in [2.05, 4.69) is 61.8 Å². The molecular formula is C22H22BF5N2O3. The van der Waals surface area contributed by atoms with Gasteiger partial charge in [0.1, 0.15) is 0 Å². The molecule has 0 aliphatic rings. The smallest absolute Gasteiger partial charge is 0.507 e. The second-order valence-corrected chi connectivity index (χ2v) is 7.29. The number of hydrogen-bond acceptors (Lipinski definition) is 5. The van der Waals surface area contributed by atoms with Crippen molar-refractivity contribution in [2.45, 2.75) is 26.7 Å². The molecule has 3 rings (SSSR count). The highest BCUT2D eigenvalue weighted by Crippen LogP contribution is 2.29. The van der Waals surface area contributed by atoms with Gasteiger partial charge < -0.3 is 14.7 Å². The highest BCUT2D eigenvalue weighted by molar-refractivity contribution is 6.33. The number of halogens is 5. The molecule has 176 valence electrons. The van der Waals surface area contributed by atoms with Crippen molar-refractivity contribution in [1.82, 2.24) is 0 Å². The number of hydrazine groups is 1. The monoisotopic (exact) mass is 468 g/mol. The Morgan fingerprint density at radius 3 is 1.55 bits per heavy atom. The Morgan fingerprint density at radius 2 is 1.15 bits per heavy atom. The molecule has 0 spiro atoms. The summed E-state index contributed by atoms with van der Waals surface area (Å²) in [6, 6.07) is 16.6. The summed E-state index contributed by atoms with van der Waals surface area (Å²) in [5, 5.41) is 18.0. The average molecular weight is 468 g/mol. The lowest BCUT2D eigenvalue weighted by Gasteiger charge is -2.19. The molecule has 0 saturated heterocycles. The maximum Gasteiger partial charge on any atom is 0.707 e. The number of aryl methyl sites for hydroxylation is 1. The van der Waals surface area contributed by atoms with Gasteiger partial charge in [0.2, 0.25) is 29.1 Å². The molecule has 0 unspecified atom stereocenters. The largest absolute Gasteiger partial charge is 0.707 e. The second-order valence-electron chi connectivity index (χ2n) is 7.29. The number of benzene rings is 3. The maximum atomic E-state index is 12.7. The van der Waals surface area contributed by atoms with Crippen LogP contribution in [0.25, 0.3) is 0 Å². The summed E-state index contributed by atoms with van der Waals surface area (Å²) >= 11 is 0. The first-order chi connectivity index (χ1) is 15.4. The highest BCUT2D eigenvalue weighted by Gasteiger charge is 2.29. The molecule has 3 aromatic rings. The Kier molecular flexibility index (Phi) is 8.80. The van der Waals surface area contributed by atoms with Gasteiger partial charge in [-0.3, -0.25) is 5.01 Å². The van der Waals surface area contributed by atoms with Crippen LogP contribution < -0.4 is 15.5 Å². The normalized spacial score (nSPS) is 10.5. The Bertz CT molecular complexity index is 1050. The van der Waals surface area contributed by atoms with E-state index in [9.17, 15) is 22.0 Å². The fourth-order valence-corrected chi connectivity index (χ4v) is 2.67. The molecule has 11 heteroatoms. The van der Waals surface area contributed by atoms with E-state index in [4.69, 9.17) is 15.9 Å². The van der Waals surface area contributed by atoms with Crippen molar-refractivity contribution < 1.29 is 36.7 Å². The first kappa shape index (κ1) is 26.1. The molecule has 0 radical (unpaired) electrons. The standard InChI is InChI=1S/C16H20N2.C6H2BF5O3/c1-12(2)14-6-10-16(11-7-14)18(17)15-8-4-13(3)5-9-15;8-1-2(9)4(11)6(15-7(13)14)5(12)3(1)10/h4-12H,17H2,1-3H3;13-14H. The third-order valence-corrected chi connectivity index (χ3v) is 4.54.